The van der Waals surface area contributed by atoms with Crippen LogP contribution in [-0.2, 0) is 14.3 Å². The van der Waals surface area contributed by atoms with Crippen molar-refractivity contribution in [2.24, 2.45) is 5.92 Å². The summed E-state index contributed by atoms with van der Waals surface area (Å²) in [6.45, 7) is 7.13. The lowest BCUT2D eigenvalue weighted by Crippen LogP contribution is -2.36. The van der Waals surface area contributed by atoms with Crippen LogP contribution in [0.3, 0.4) is 0 Å². The smallest absolute Gasteiger partial charge is 0.306 e. The number of aromatic nitrogens is 2. The maximum atomic E-state index is 12.0. The van der Waals surface area contributed by atoms with Gasteiger partial charge in [-0.15, -0.1) is 0 Å². The predicted octanol–water partition coefficient (Wildman–Crippen LogP) is 3.09. The van der Waals surface area contributed by atoms with E-state index in [0.29, 0.717) is 28.9 Å². The summed E-state index contributed by atoms with van der Waals surface area (Å²) in [6.07, 6.45) is 5.42. The van der Waals surface area contributed by atoms with Crippen molar-refractivity contribution < 1.29 is 19.1 Å². The minimum absolute atomic E-state index is 0.154. The highest BCUT2D eigenvalue weighted by molar-refractivity contribution is 8.18. The third kappa shape index (κ3) is 5.56. The van der Waals surface area contributed by atoms with Gasteiger partial charge in [0.05, 0.1) is 10.6 Å². The fourth-order valence-electron chi connectivity index (χ4n) is 3.23. The Bertz CT molecular complexity index is 841. The molecule has 2 saturated heterocycles. The summed E-state index contributed by atoms with van der Waals surface area (Å²) in [7, 11) is 1.46. The molecule has 2 fully saturated rings. The van der Waals surface area contributed by atoms with Gasteiger partial charge in [-0.3, -0.25) is 19.3 Å². The predicted molar refractivity (Wildman–Crippen MR) is 111 cm³/mol. The molecule has 2 aliphatic heterocycles. The number of piperidine rings is 1. The number of anilines is 1. The number of imide groups is 1. The molecule has 3 heterocycles. The average molecular weight is 419 g/mol. The van der Waals surface area contributed by atoms with E-state index in [-0.39, 0.29) is 17.1 Å². The molecule has 0 saturated carbocycles. The minimum atomic E-state index is -0.459. The second kappa shape index (κ2) is 8.52. The molecule has 0 N–H and O–H groups in total. The van der Waals surface area contributed by atoms with E-state index in [1.54, 1.807) is 18.3 Å². The summed E-state index contributed by atoms with van der Waals surface area (Å²) in [5.74, 6) is 0.410. The highest BCUT2D eigenvalue weighted by Gasteiger charge is 2.32. The number of carbonyl (C=O) groups is 3. The van der Waals surface area contributed by atoms with Crippen LogP contribution in [0.15, 0.2) is 17.2 Å². The molecule has 1 aromatic heterocycles. The number of esters is 1. The number of likely N-dealkylation sites (N-methyl/N-ethyl adjacent to an activating group) is 1. The van der Waals surface area contributed by atoms with Gasteiger partial charge >= 0.3 is 5.97 Å². The lowest BCUT2D eigenvalue weighted by Gasteiger charge is -2.32. The number of hydrogen-bond donors (Lipinski definition) is 0. The Hall–Kier alpha value is -2.42. The zero-order valence-corrected chi connectivity index (χ0v) is 18.0. The zero-order valence-electron chi connectivity index (χ0n) is 17.2. The zero-order chi connectivity index (χ0) is 21.2. The number of thioether (sulfide) groups is 1. The van der Waals surface area contributed by atoms with Gasteiger partial charge in [0, 0.05) is 32.8 Å². The van der Waals surface area contributed by atoms with Crippen LogP contribution in [0.1, 0.15) is 45.7 Å². The number of ether oxygens (including phenoxy) is 1. The van der Waals surface area contributed by atoms with Crippen molar-refractivity contribution >= 4 is 40.9 Å². The van der Waals surface area contributed by atoms with Crippen molar-refractivity contribution in [2.75, 3.05) is 25.0 Å². The van der Waals surface area contributed by atoms with E-state index in [2.05, 4.69) is 14.9 Å². The van der Waals surface area contributed by atoms with Crippen LogP contribution in [0, 0.1) is 5.92 Å². The average Bonchev–Trinajstić information content (AvgIpc) is 2.88. The van der Waals surface area contributed by atoms with Crippen LogP contribution in [0.5, 0.6) is 0 Å². The summed E-state index contributed by atoms with van der Waals surface area (Å²) in [4.78, 5) is 48.1. The third-order valence-corrected chi connectivity index (χ3v) is 5.66. The van der Waals surface area contributed by atoms with Crippen molar-refractivity contribution in [2.45, 2.75) is 45.6 Å². The van der Waals surface area contributed by atoms with E-state index in [0.717, 1.165) is 42.6 Å². The summed E-state index contributed by atoms with van der Waals surface area (Å²) in [6, 6.07) is 1.71. The van der Waals surface area contributed by atoms with Gasteiger partial charge < -0.3 is 9.64 Å². The van der Waals surface area contributed by atoms with Gasteiger partial charge in [0.1, 0.15) is 5.60 Å². The third-order valence-electron chi connectivity index (χ3n) is 4.70. The fraction of sp³-hybridized carbons (Fsp3) is 0.550. The second-order valence-electron chi connectivity index (χ2n) is 8.24. The maximum Gasteiger partial charge on any atom is 0.306 e. The first-order valence-corrected chi connectivity index (χ1v) is 10.5. The molecule has 0 aliphatic carbocycles. The molecule has 8 nitrogen and oxygen atoms in total. The van der Waals surface area contributed by atoms with E-state index < -0.39 is 5.60 Å². The van der Waals surface area contributed by atoms with Crippen LogP contribution in [0.25, 0.3) is 6.08 Å². The Labute approximate surface area is 174 Å². The highest BCUT2D eigenvalue weighted by atomic mass is 32.2. The lowest BCUT2D eigenvalue weighted by molar-refractivity contribution is -0.156. The number of nitrogens with zero attached hydrogens (tertiary/aromatic N) is 4. The number of hydrogen-bond acceptors (Lipinski definition) is 8. The molecule has 0 atom stereocenters. The van der Waals surface area contributed by atoms with Gasteiger partial charge in [-0.1, -0.05) is 0 Å². The molecule has 2 amide bonds. The molecule has 2 aliphatic rings. The normalized spacial score (nSPS) is 19.9. The number of carbonyl (C=O) groups excluding carboxylic acids is 3. The summed E-state index contributed by atoms with van der Waals surface area (Å²) >= 11 is 0.908. The molecular formula is C20H26N4O4S. The summed E-state index contributed by atoms with van der Waals surface area (Å²) in [5, 5.41) is -0.289. The van der Waals surface area contributed by atoms with Crippen molar-refractivity contribution in [3.8, 4) is 0 Å². The SMILES string of the molecule is CN1C(=O)S/C(=C\c2ccnc(N3CCC(CC(=O)OC(C)(C)C)CC3)n2)C1=O. The van der Waals surface area contributed by atoms with Crippen LogP contribution in [-0.4, -0.2) is 57.7 Å². The molecule has 3 rings (SSSR count). The van der Waals surface area contributed by atoms with Gasteiger partial charge in [-0.2, -0.15) is 0 Å². The van der Waals surface area contributed by atoms with Crippen LogP contribution in [0.4, 0.5) is 10.7 Å². The molecule has 0 radical (unpaired) electrons. The lowest BCUT2D eigenvalue weighted by atomic mass is 9.93. The van der Waals surface area contributed by atoms with E-state index in [1.807, 2.05) is 20.8 Å². The maximum absolute atomic E-state index is 12.0. The largest absolute Gasteiger partial charge is 0.460 e. The quantitative estimate of drug-likeness (QED) is 0.544. The van der Waals surface area contributed by atoms with Gasteiger partial charge in [-0.05, 0) is 63.4 Å². The number of amides is 2. The second-order valence-corrected chi connectivity index (χ2v) is 9.24. The van der Waals surface area contributed by atoms with Crippen LogP contribution < -0.4 is 4.90 Å². The Morgan fingerprint density at radius 3 is 2.59 bits per heavy atom. The van der Waals surface area contributed by atoms with Gasteiger partial charge in [0.15, 0.2) is 0 Å². The molecule has 1 aromatic rings. The van der Waals surface area contributed by atoms with E-state index in [4.69, 9.17) is 4.74 Å². The first kappa shape index (κ1) is 21.3. The molecule has 0 spiro atoms. The topological polar surface area (TPSA) is 92.7 Å². The van der Waals surface area contributed by atoms with Gasteiger partial charge in [-0.25, -0.2) is 9.97 Å². The summed E-state index contributed by atoms with van der Waals surface area (Å²) < 4.78 is 5.41. The molecule has 29 heavy (non-hydrogen) atoms. The van der Waals surface area contributed by atoms with Gasteiger partial charge in [0.25, 0.3) is 11.1 Å². The summed E-state index contributed by atoms with van der Waals surface area (Å²) in [5.41, 5.74) is 0.128. The number of rotatable bonds is 4. The molecular weight excluding hydrogens is 392 g/mol. The monoisotopic (exact) mass is 418 g/mol. The van der Waals surface area contributed by atoms with Crippen molar-refractivity contribution in [1.29, 1.82) is 0 Å². The first-order valence-electron chi connectivity index (χ1n) is 9.64. The molecule has 156 valence electrons. The molecule has 9 heteroatoms. The van der Waals surface area contributed by atoms with E-state index in [9.17, 15) is 14.4 Å². The Kier molecular flexibility index (Phi) is 6.26. The fourth-order valence-corrected chi connectivity index (χ4v) is 4.04. The van der Waals surface area contributed by atoms with Crippen molar-refractivity contribution in [1.82, 2.24) is 14.9 Å². The van der Waals surface area contributed by atoms with E-state index >= 15 is 0 Å². The van der Waals surface area contributed by atoms with Gasteiger partial charge in [0.2, 0.25) is 5.95 Å². The Morgan fingerprint density at radius 1 is 1.31 bits per heavy atom. The van der Waals surface area contributed by atoms with Crippen LogP contribution in [0.2, 0.25) is 0 Å². The molecule has 0 bridgehead atoms. The van der Waals surface area contributed by atoms with Crippen molar-refractivity contribution in [3.05, 3.63) is 22.9 Å². The Balaban J connectivity index is 1.59. The Morgan fingerprint density at radius 2 is 2.00 bits per heavy atom. The van der Waals surface area contributed by atoms with Crippen molar-refractivity contribution in [3.63, 3.8) is 0 Å². The standard InChI is InChI=1S/C20H26N4O4S/c1-20(2,3)28-16(25)11-13-6-9-24(10-7-13)18-21-8-5-14(22-18)12-15-17(26)23(4)19(27)29-15/h5,8,12-13H,6-7,9-11H2,1-4H3/b15-12-. The van der Waals surface area contributed by atoms with Crippen LogP contribution >= 0.6 is 11.8 Å². The minimum Gasteiger partial charge on any atom is -0.460 e. The molecule has 0 aromatic carbocycles. The first-order chi connectivity index (χ1) is 13.6. The molecule has 0 unspecified atom stereocenters. The van der Waals surface area contributed by atoms with E-state index in [1.165, 1.54) is 7.05 Å². The highest BCUT2D eigenvalue weighted by Crippen LogP contribution is 2.31.